The highest BCUT2D eigenvalue weighted by atomic mass is 16.6. The summed E-state index contributed by atoms with van der Waals surface area (Å²) in [6, 6.07) is 0. The van der Waals surface area contributed by atoms with Crippen LogP contribution in [-0.2, 0) is 28.6 Å². The molecule has 0 aliphatic rings. The lowest BCUT2D eigenvalue weighted by molar-refractivity contribution is -0.167. The SMILES string of the molecule is CCCCCCCCCCCC(=O)OC[C@@H](COC(=O)CCCCCCCCCCCCCCCCC(C)CC)OC(=O)CCCCCCCCC. The zero-order chi connectivity index (χ0) is 38.2. The van der Waals surface area contributed by atoms with E-state index in [1.54, 1.807) is 0 Å². The van der Waals surface area contributed by atoms with Crippen molar-refractivity contribution in [3.05, 3.63) is 0 Å². The fraction of sp³-hybridized carbons (Fsp3) is 0.935. The van der Waals surface area contributed by atoms with Crippen molar-refractivity contribution >= 4 is 17.9 Å². The number of carbonyl (C=O) groups excluding carboxylic acids is 3. The van der Waals surface area contributed by atoms with Crippen LogP contribution in [0, 0.1) is 5.92 Å². The van der Waals surface area contributed by atoms with Gasteiger partial charge in [0.2, 0.25) is 0 Å². The van der Waals surface area contributed by atoms with Crippen LogP contribution in [0.1, 0.15) is 252 Å². The van der Waals surface area contributed by atoms with Crippen molar-refractivity contribution < 1.29 is 28.6 Å². The second kappa shape index (κ2) is 40.6. The van der Waals surface area contributed by atoms with Gasteiger partial charge in [-0.25, -0.2) is 0 Å². The Morgan fingerprint density at radius 1 is 0.385 bits per heavy atom. The van der Waals surface area contributed by atoms with Crippen LogP contribution in [0.25, 0.3) is 0 Å². The van der Waals surface area contributed by atoms with Crippen LogP contribution in [-0.4, -0.2) is 37.2 Å². The lowest BCUT2D eigenvalue weighted by atomic mass is 9.99. The molecule has 0 spiro atoms. The molecular weight excluding hydrogens is 649 g/mol. The van der Waals surface area contributed by atoms with Crippen LogP contribution in [0.15, 0.2) is 0 Å². The van der Waals surface area contributed by atoms with Gasteiger partial charge in [0.25, 0.3) is 0 Å². The Kier molecular flexibility index (Phi) is 39.4. The first-order valence-electron chi connectivity index (χ1n) is 22.9. The topological polar surface area (TPSA) is 78.9 Å². The Hall–Kier alpha value is -1.59. The largest absolute Gasteiger partial charge is 0.462 e. The van der Waals surface area contributed by atoms with Crippen molar-refractivity contribution in [3.8, 4) is 0 Å². The number of hydrogen-bond donors (Lipinski definition) is 0. The Morgan fingerprint density at radius 2 is 0.673 bits per heavy atom. The summed E-state index contributed by atoms with van der Waals surface area (Å²) >= 11 is 0. The van der Waals surface area contributed by atoms with Crippen molar-refractivity contribution in [1.82, 2.24) is 0 Å². The molecule has 1 unspecified atom stereocenters. The molecule has 52 heavy (non-hydrogen) atoms. The van der Waals surface area contributed by atoms with E-state index in [0.717, 1.165) is 63.7 Å². The van der Waals surface area contributed by atoms with Crippen molar-refractivity contribution in [2.75, 3.05) is 13.2 Å². The molecule has 308 valence electrons. The van der Waals surface area contributed by atoms with Gasteiger partial charge in [-0.05, 0) is 25.2 Å². The average molecular weight is 737 g/mol. The summed E-state index contributed by atoms with van der Waals surface area (Å²) in [5.41, 5.74) is 0. The summed E-state index contributed by atoms with van der Waals surface area (Å²) in [6.07, 6.45) is 39.5. The Balaban J connectivity index is 4.15. The predicted octanol–water partition coefficient (Wildman–Crippen LogP) is 14.3. The second-order valence-electron chi connectivity index (χ2n) is 15.9. The molecule has 0 heterocycles. The lowest BCUT2D eigenvalue weighted by Gasteiger charge is -2.18. The first-order valence-corrected chi connectivity index (χ1v) is 22.9. The van der Waals surface area contributed by atoms with E-state index in [9.17, 15) is 14.4 Å². The van der Waals surface area contributed by atoms with E-state index in [1.165, 1.54) is 148 Å². The van der Waals surface area contributed by atoms with E-state index >= 15 is 0 Å². The van der Waals surface area contributed by atoms with E-state index < -0.39 is 6.10 Å². The summed E-state index contributed by atoms with van der Waals surface area (Å²) in [6.45, 7) is 8.98. The first kappa shape index (κ1) is 50.4. The average Bonchev–Trinajstić information content (AvgIpc) is 3.14. The van der Waals surface area contributed by atoms with Gasteiger partial charge in [0.15, 0.2) is 6.10 Å². The molecule has 0 aromatic rings. The number of esters is 3. The highest BCUT2D eigenvalue weighted by Crippen LogP contribution is 2.17. The van der Waals surface area contributed by atoms with E-state index in [1.807, 2.05) is 0 Å². The summed E-state index contributed by atoms with van der Waals surface area (Å²) in [5.74, 6) is 0.0326. The number of ether oxygens (including phenoxy) is 3. The van der Waals surface area contributed by atoms with Crippen LogP contribution in [0.3, 0.4) is 0 Å². The molecule has 0 aliphatic carbocycles. The molecule has 0 amide bonds. The number of carbonyl (C=O) groups is 3. The molecule has 0 saturated carbocycles. The van der Waals surface area contributed by atoms with Gasteiger partial charge < -0.3 is 14.2 Å². The third-order valence-corrected chi connectivity index (χ3v) is 10.7. The summed E-state index contributed by atoms with van der Waals surface area (Å²) in [5, 5.41) is 0. The summed E-state index contributed by atoms with van der Waals surface area (Å²) < 4.78 is 16.6. The van der Waals surface area contributed by atoms with Gasteiger partial charge in [-0.1, -0.05) is 214 Å². The van der Waals surface area contributed by atoms with Crippen LogP contribution in [0.2, 0.25) is 0 Å². The molecule has 6 nitrogen and oxygen atoms in total. The molecule has 0 aromatic heterocycles. The number of unbranched alkanes of at least 4 members (excludes halogenated alkanes) is 27. The molecule has 0 aliphatic heterocycles. The highest BCUT2D eigenvalue weighted by molar-refractivity contribution is 5.71. The molecular formula is C46H88O6. The van der Waals surface area contributed by atoms with Crippen LogP contribution in [0.5, 0.6) is 0 Å². The third-order valence-electron chi connectivity index (χ3n) is 10.7. The molecule has 2 atom stereocenters. The van der Waals surface area contributed by atoms with E-state index in [0.29, 0.717) is 19.3 Å². The fourth-order valence-electron chi connectivity index (χ4n) is 6.77. The minimum Gasteiger partial charge on any atom is -0.462 e. The maximum atomic E-state index is 12.6. The predicted molar refractivity (Wildman–Crippen MR) is 220 cm³/mol. The van der Waals surface area contributed by atoms with Gasteiger partial charge in [0.1, 0.15) is 13.2 Å². The molecule has 0 radical (unpaired) electrons. The van der Waals surface area contributed by atoms with Crippen molar-refractivity contribution in [3.63, 3.8) is 0 Å². The van der Waals surface area contributed by atoms with Crippen LogP contribution >= 0.6 is 0 Å². The molecule has 0 saturated heterocycles. The summed E-state index contributed by atoms with van der Waals surface area (Å²) in [7, 11) is 0. The van der Waals surface area contributed by atoms with Crippen LogP contribution in [0.4, 0.5) is 0 Å². The standard InChI is InChI=1S/C46H88O6/c1-5-8-10-12-14-21-26-29-33-37-44(47)50-40-43(52-46(49)39-35-31-24-13-11-9-6-2)41-51-45(48)38-34-30-27-23-20-18-16-15-17-19-22-25-28-32-36-42(4)7-3/h42-43H,5-41H2,1-4H3/t42?,43-/m0/s1. The summed E-state index contributed by atoms with van der Waals surface area (Å²) in [4.78, 5) is 37.5. The molecule has 0 bridgehead atoms. The zero-order valence-electron chi connectivity index (χ0n) is 35.3. The van der Waals surface area contributed by atoms with E-state index in [2.05, 4.69) is 27.7 Å². The van der Waals surface area contributed by atoms with Gasteiger partial charge in [0, 0.05) is 19.3 Å². The Labute approximate surface area is 323 Å². The molecule has 6 heteroatoms. The normalized spacial score (nSPS) is 12.5. The van der Waals surface area contributed by atoms with Gasteiger partial charge in [-0.15, -0.1) is 0 Å². The van der Waals surface area contributed by atoms with Crippen molar-refractivity contribution in [2.45, 2.75) is 259 Å². The van der Waals surface area contributed by atoms with Crippen molar-refractivity contribution in [1.29, 1.82) is 0 Å². The van der Waals surface area contributed by atoms with E-state index in [-0.39, 0.29) is 31.1 Å². The highest BCUT2D eigenvalue weighted by Gasteiger charge is 2.19. The maximum Gasteiger partial charge on any atom is 0.306 e. The fourth-order valence-corrected chi connectivity index (χ4v) is 6.77. The number of hydrogen-bond acceptors (Lipinski definition) is 6. The van der Waals surface area contributed by atoms with E-state index in [4.69, 9.17) is 14.2 Å². The minimum atomic E-state index is -0.757. The Morgan fingerprint density at radius 3 is 1.00 bits per heavy atom. The maximum absolute atomic E-state index is 12.6. The quantitative estimate of drug-likeness (QED) is 0.0353. The first-order chi connectivity index (χ1) is 25.4. The molecule has 0 fully saturated rings. The van der Waals surface area contributed by atoms with Gasteiger partial charge in [0.05, 0.1) is 0 Å². The third kappa shape index (κ3) is 38.1. The minimum absolute atomic E-state index is 0.0643. The van der Waals surface area contributed by atoms with Gasteiger partial charge >= 0.3 is 17.9 Å². The van der Waals surface area contributed by atoms with Crippen LogP contribution < -0.4 is 0 Å². The number of rotatable bonds is 41. The zero-order valence-corrected chi connectivity index (χ0v) is 35.3. The molecule has 0 aromatic carbocycles. The molecule has 0 rings (SSSR count). The Bertz CT molecular complexity index is 783. The monoisotopic (exact) mass is 737 g/mol. The lowest BCUT2D eigenvalue weighted by Crippen LogP contribution is -2.30. The van der Waals surface area contributed by atoms with Gasteiger partial charge in [-0.2, -0.15) is 0 Å². The molecule has 0 N–H and O–H groups in total. The van der Waals surface area contributed by atoms with Crippen molar-refractivity contribution in [2.24, 2.45) is 5.92 Å². The second-order valence-corrected chi connectivity index (χ2v) is 15.9. The van der Waals surface area contributed by atoms with Gasteiger partial charge in [-0.3, -0.25) is 14.4 Å². The smallest absolute Gasteiger partial charge is 0.306 e.